The minimum Gasteiger partial charge on any atom is -0.395 e. The van der Waals surface area contributed by atoms with Crippen LogP contribution in [0.4, 0.5) is 0 Å². The average molecular weight is 241 g/mol. The van der Waals surface area contributed by atoms with Gasteiger partial charge in [-0.05, 0) is 13.0 Å². The normalized spacial score (nSPS) is 14.5. The topological polar surface area (TPSA) is 98.1 Å². The Balaban J connectivity index is 4.04. The van der Waals surface area contributed by atoms with Crippen LogP contribution in [0.1, 0.15) is 13.3 Å². The van der Waals surface area contributed by atoms with Crippen LogP contribution < -0.4 is 0 Å². The lowest BCUT2D eigenvalue weighted by Gasteiger charge is -2.22. The minimum atomic E-state index is -4.14. The van der Waals surface area contributed by atoms with Crippen molar-refractivity contribution in [2.45, 2.75) is 19.4 Å². The number of hydrogen-bond donors (Lipinski definition) is 3. The van der Waals surface area contributed by atoms with Crippen LogP contribution in [0.3, 0.4) is 0 Å². The van der Waals surface area contributed by atoms with Crippen molar-refractivity contribution in [2.24, 2.45) is 0 Å². The summed E-state index contributed by atoms with van der Waals surface area (Å²) in [6.45, 7) is 3.09. The molecule has 0 aromatic rings. The Labute approximate surface area is 90.3 Å². The molecule has 0 aliphatic carbocycles. The lowest BCUT2D eigenvalue weighted by molar-refractivity contribution is 0.112. The van der Waals surface area contributed by atoms with E-state index >= 15 is 0 Å². The van der Waals surface area contributed by atoms with Crippen LogP contribution in [0.15, 0.2) is 0 Å². The van der Waals surface area contributed by atoms with Crippen LogP contribution in [0.5, 0.6) is 0 Å². The minimum absolute atomic E-state index is 0.0431. The van der Waals surface area contributed by atoms with Crippen molar-refractivity contribution in [1.29, 1.82) is 0 Å². The molecule has 0 saturated carbocycles. The Morgan fingerprint density at radius 1 is 1.33 bits per heavy atom. The molecule has 3 N–H and O–H groups in total. The zero-order valence-corrected chi connectivity index (χ0v) is 9.65. The van der Waals surface area contributed by atoms with Crippen LogP contribution >= 0.6 is 0 Å². The van der Waals surface area contributed by atoms with Gasteiger partial charge in [-0.25, -0.2) is 0 Å². The molecule has 0 aliphatic rings. The highest BCUT2D eigenvalue weighted by molar-refractivity contribution is 7.85. The second-order valence-electron chi connectivity index (χ2n) is 3.43. The van der Waals surface area contributed by atoms with Crippen molar-refractivity contribution < 1.29 is 23.2 Å². The zero-order chi connectivity index (χ0) is 11.9. The highest BCUT2D eigenvalue weighted by Gasteiger charge is 2.16. The summed E-state index contributed by atoms with van der Waals surface area (Å²) in [5, 5.41) is 18.1. The lowest BCUT2D eigenvalue weighted by atomic mass is 10.3. The highest BCUT2D eigenvalue weighted by atomic mass is 32.2. The summed E-state index contributed by atoms with van der Waals surface area (Å²) in [7, 11) is -4.14. The van der Waals surface area contributed by atoms with Crippen molar-refractivity contribution >= 4 is 10.1 Å². The first-order valence-electron chi connectivity index (χ1n) is 4.85. The molecule has 0 heterocycles. The third-order valence-corrected chi connectivity index (χ3v) is 2.63. The molecule has 0 amide bonds. The zero-order valence-electron chi connectivity index (χ0n) is 8.83. The van der Waals surface area contributed by atoms with Crippen LogP contribution in [0.25, 0.3) is 0 Å². The van der Waals surface area contributed by atoms with Crippen molar-refractivity contribution in [1.82, 2.24) is 4.90 Å². The summed E-state index contributed by atoms with van der Waals surface area (Å²) in [6, 6.07) is 0. The number of aliphatic hydroxyl groups is 2. The fourth-order valence-electron chi connectivity index (χ4n) is 1.35. The smallest absolute Gasteiger partial charge is 0.267 e. The predicted molar refractivity (Wildman–Crippen MR) is 56.2 cm³/mol. The van der Waals surface area contributed by atoms with Crippen molar-refractivity contribution in [3.05, 3.63) is 0 Å². The van der Waals surface area contributed by atoms with Gasteiger partial charge in [-0.2, -0.15) is 8.42 Å². The van der Waals surface area contributed by atoms with E-state index in [0.717, 1.165) is 6.42 Å². The van der Waals surface area contributed by atoms with E-state index in [4.69, 9.17) is 9.66 Å². The second kappa shape index (κ2) is 7.13. The van der Waals surface area contributed by atoms with E-state index in [0.29, 0.717) is 13.1 Å². The molecule has 15 heavy (non-hydrogen) atoms. The van der Waals surface area contributed by atoms with E-state index < -0.39 is 22.0 Å². The molecule has 92 valence electrons. The van der Waals surface area contributed by atoms with E-state index in [9.17, 15) is 13.5 Å². The van der Waals surface area contributed by atoms with Gasteiger partial charge in [0, 0.05) is 13.1 Å². The molecular formula is C8H19NO5S. The van der Waals surface area contributed by atoms with E-state index in [1.165, 1.54) is 0 Å². The van der Waals surface area contributed by atoms with Gasteiger partial charge in [-0.15, -0.1) is 0 Å². The van der Waals surface area contributed by atoms with Gasteiger partial charge in [0.2, 0.25) is 0 Å². The fourth-order valence-corrected chi connectivity index (χ4v) is 1.94. The van der Waals surface area contributed by atoms with Gasteiger partial charge in [-0.3, -0.25) is 9.45 Å². The summed E-state index contributed by atoms with van der Waals surface area (Å²) >= 11 is 0. The summed E-state index contributed by atoms with van der Waals surface area (Å²) in [5.41, 5.74) is 0. The van der Waals surface area contributed by atoms with E-state index in [2.05, 4.69) is 0 Å². The van der Waals surface area contributed by atoms with Gasteiger partial charge in [0.05, 0.1) is 12.7 Å². The Morgan fingerprint density at radius 3 is 2.33 bits per heavy atom. The van der Waals surface area contributed by atoms with Crippen molar-refractivity contribution in [2.75, 3.05) is 32.0 Å². The molecule has 1 unspecified atom stereocenters. The largest absolute Gasteiger partial charge is 0.395 e. The van der Waals surface area contributed by atoms with Crippen LogP contribution in [-0.2, 0) is 10.1 Å². The maximum atomic E-state index is 10.5. The monoisotopic (exact) mass is 241 g/mol. The Hall–Kier alpha value is -0.210. The molecule has 6 nitrogen and oxygen atoms in total. The predicted octanol–water partition coefficient (Wildman–Crippen LogP) is -1.06. The lowest BCUT2D eigenvalue weighted by Crippen LogP contribution is -2.38. The maximum absolute atomic E-state index is 10.5. The summed E-state index contributed by atoms with van der Waals surface area (Å²) in [6.07, 6.45) is -0.281. The van der Waals surface area contributed by atoms with E-state index in [1.54, 1.807) is 4.90 Å². The van der Waals surface area contributed by atoms with Gasteiger partial charge in [0.1, 0.15) is 5.75 Å². The van der Waals surface area contributed by atoms with Crippen LogP contribution in [-0.4, -0.2) is 66.2 Å². The Bertz CT molecular complexity index is 248. The fraction of sp³-hybridized carbons (Fsp3) is 1.00. The van der Waals surface area contributed by atoms with Gasteiger partial charge in [0.15, 0.2) is 0 Å². The molecule has 0 radical (unpaired) electrons. The Kier molecular flexibility index (Phi) is 7.03. The molecular weight excluding hydrogens is 222 g/mol. The maximum Gasteiger partial charge on any atom is 0.267 e. The molecule has 0 spiro atoms. The third-order valence-electron chi connectivity index (χ3n) is 1.83. The van der Waals surface area contributed by atoms with E-state index in [-0.39, 0.29) is 13.2 Å². The van der Waals surface area contributed by atoms with E-state index in [1.807, 2.05) is 6.92 Å². The van der Waals surface area contributed by atoms with Gasteiger partial charge in [0.25, 0.3) is 10.1 Å². The summed E-state index contributed by atoms with van der Waals surface area (Å²) in [5.74, 6) is -0.668. The van der Waals surface area contributed by atoms with Gasteiger partial charge in [-0.1, -0.05) is 6.92 Å². The van der Waals surface area contributed by atoms with Gasteiger partial charge < -0.3 is 10.2 Å². The molecule has 0 fully saturated rings. The summed E-state index contributed by atoms with van der Waals surface area (Å²) < 4.78 is 29.4. The number of nitrogens with zero attached hydrogens (tertiary/aromatic N) is 1. The first-order chi connectivity index (χ1) is 6.89. The number of hydrogen-bond acceptors (Lipinski definition) is 5. The summed E-state index contributed by atoms with van der Waals surface area (Å²) in [4.78, 5) is 1.75. The molecule has 0 saturated heterocycles. The number of aliphatic hydroxyl groups excluding tert-OH is 2. The SMILES string of the molecule is CCCN(CCO)CC(O)CS(=O)(=O)O. The molecule has 0 aromatic heterocycles. The molecule has 0 bridgehead atoms. The van der Waals surface area contributed by atoms with Crippen LogP contribution in [0.2, 0.25) is 0 Å². The molecule has 7 heteroatoms. The quantitative estimate of drug-likeness (QED) is 0.469. The molecule has 0 aromatic carbocycles. The van der Waals surface area contributed by atoms with Crippen molar-refractivity contribution in [3.63, 3.8) is 0 Å². The standard InChI is InChI=1S/C8H19NO5S/c1-2-3-9(4-5-10)6-8(11)7-15(12,13)14/h8,10-11H,2-7H2,1H3,(H,12,13,14). The first-order valence-corrected chi connectivity index (χ1v) is 6.46. The molecule has 1 atom stereocenters. The first kappa shape index (κ1) is 14.8. The van der Waals surface area contributed by atoms with Crippen LogP contribution in [0, 0.1) is 0 Å². The van der Waals surface area contributed by atoms with Crippen molar-refractivity contribution in [3.8, 4) is 0 Å². The molecule has 0 aliphatic heterocycles. The highest BCUT2D eigenvalue weighted by Crippen LogP contribution is 1.97. The number of rotatable bonds is 8. The average Bonchev–Trinajstić information content (AvgIpc) is 2.00. The van der Waals surface area contributed by atoms with Gasteiger partial charge >= 0.3 is 0 Å². The third kappa shape index (κ3) is 8.76. The second-order valence-corrected chi connectivity index (χ2v) is 4.92. The Morgan fingerprint density at radius 2 is 1.93 bits per heavy atom. The molecule has 0 rings (SSSR count).